The van der Waals surface area contributed by atoms with Crippen LogP contribution in [0.3, 0.4) is 0 Å². The molecule has 0 radical (unpaired) electrons. The molecule has 2 amide bonds. The molecule has 2 aromatic carbocycles. The van der Waals surface area contributed by atoms with E-state index in [0.29, 0.717) is 17.0 Å². The molecule has 2 heterocycles. The van der Waals surface area contributed by atoms with Gasteiger partial charge in [-0.15, -0.1) is 11.3 Å². The van der Waals surface area contributed by atoms with E-state index >= 15 is 0 Å². The predicted octanol–water partition coefficient (Wildman–Crippen LogP) is 4.52. The summed E-state index contributed by atoms with van der Waals surface area (Å²) in [5.74, 6) is -0.491. The molecule has 1 unspecified atom stereocenters. The van der Waals surface area contributed by atoms with Crippen LogP contribution < -0.4 is 10.6 Å². The van der Waals surface area contributed by atoms with Crippen molar-refractivity contribution in [1.29, 1.82) is 0 Å². The van der Waals surface area contributed by atoms with Crippen molar-refractivity contribution in [2.75, 3.05) is 5.32 Å². The SMILES string of the molecule is Cc1cccc(NC(=O)C(Cc2c[nH]c3ccccc23)NC(=O)c2cccs2)c1. The molecule has 3 N–H and O–H groups in total. The van der Waals surface area contributed by atoms with Gasteiger partial charge in [0.1, 0.15) is 6.04 Å². The highest BCUT2D eigenvalue weighted by molar-refractivity contribution is 7.12. The molecule has 146 valence electrons. The normalized spacial score (nSPS) is 11.9. The first-order valence-electron chi connectivity index (χ1n) is 9.37. The first-order chi connectivity index (χ1) is 14.1. The zero-order chi connectivity index (χ0) is 20.2. The minimum Gasteiger partial charge on any atom is -0.361 e. The van der Waals surface area contributed by atoms with Crippen LogP contribution in [0.1, 0.15) is 20.8 Å². The number of aromatic amines is 1. The molecular weight excluding hydrogens is 382 g/mol. The van der Waals surface area contributed by atoms with Crippen LogP contribution in [0.4, 0.5) is 5.69 Å². The van der Waals surface area contributed by atoms with Crippen molar-refractivity contribution in [3.63, 3.8) is 0 Å². The van der Waals surface area contributed by atoms with E-state index < -0.39 is 6.04 Å². The van der Waals surface area contributed by atoms with E-state index in [1.165, 1.54) is 11.3 Å². The molecular formula is C23H21N3O2S. The monoisotopic (exact) mass is 403 g/mol. The molecule has 0 spiro atoms. The number of rotatable bonds is 6. The number of carbonyl (C=O) groups excluding carboxylic acids is 2. The predicted molar refractivity (Wildman–Crippen MR) is 117 cm³/mol. The fourth-order valence-corrected chi connectivity index (χ4v) is 3.95. The van der Waals surface area contributed by atoms with Gasteiger partial charge in [0.2, 0.25) is 5.91 Å². The lowest BCUT2D eigenvalue weighted by atomic mass is 10.0. The number of aryl methyl sites for hydroxylation is 1. The second kappa shape index (κ2) is 8.32. The van der Waals surface area contributed by atoms with Crippen molar-refractivity contribution in [3.8, 4) is 0 Å². The zero-order valence-electron chi connectivity index (χ0n) is 15.9. The lowest BCUT2D eigenvalue weighted by molar-refractivity contribution is -0.118. The highest BCUT2D eigenvalue weighted by Gasteiger charge is 2.23. The highest BCUT2D eigenvalue weighted by atomic mass is 32.1. The summed E-state index contributed by atoms with van der Waals surface area (Å²) in [6.45, 7) is 1.97. The maximum atomic E-state index is 13.1. The van der Waals surface area contributed by atoms with Crippen molar-refractivity contribution in [1.82, 2.24) is 10.3 Å². The van der Waals surface area contributed by atoms with E-state index in [-0.39, 0.29) is 11.8 Å². The van der Waals surface area contributed by atoms with Crippen molar-refractivity contribution in [3.05, 3.63) is 88.2 Å². The Labute approximate surface area is 172 Å². The summed E-state index contributed by atoms with van der Waals surface area (Å²) < 4.78 is 0. The summed E-state index contributed by atoms with van der Waals surface area (Å²) in [4.78, 5) is 29.5. The summed E-state index contributed by atoms with van der Waals surface area (Å²) in [7, 11) is 0. The maximum absolute atomic E-state index is 13.1. The second-order valence-corrected chi connectivity index (χ2v) is 7.87. The Bertz CT molecular complexity index is 1150. The van der Waals surface area contributed by atoms with E-state index in [1.54, 1.807) is 6.07 Å². The summed E-state index contributed by atoms with van der Waals surface area (Å²) >= 11 is 1.35. The van der Waals surface area contributed by atoms with Crippen molar-refractivity contribution >= 4 is 39.7 Å². The number of thiophene rings is 1. The molecule has 5 nitrogen and oxygen atoms in total. The third kappa shape index (κ3) is 4.38. The molecule has 0 saturated heterocycles. The molecule has 2 aromatic heterocycles. The molecule has 0 saturated carbocycles. The van der Waals surface area contributed by atoms with Crippen LogP contribution in [-0.4, -0.2) is 22.8 Å². The van der Waals surface area contributed by atoms with Gasteiger partial charge >= 0.3 is 0 Å². The lowest BCUT2D eigenvalue weighted by Gasteiger charge is -2.18. The van der Waals surface area contributed by atoms with Crippen LogP contribution in [0.15, 0.2) is 72.2 Å². The van der Waals surface area contributed by atoms with Gasteiger partial charge in [-0.2, -0.15) is 0 Å². The molecule has 0 bridgehead atoms. The van der Waals surface area contributed by atoms with E-state index in [1.807, 2.05) is 73.1 Å². The van der Waals surface area contributed by atoms with Gasteiger partial charge in [0.15, 0.2) is 0 Å². The van der Waals surface area contributed by atoms with Crippen LogP contribution >= 0.6 is 11.3 Å². The number of amides is 2. The number of nitrogens with one attached hydrogen (secondary N) is 3. The van der Waals surface area contributed by atoms with Crippen LogP contribution in [0, 0.1) is 6.92 Å². The fraction of sp³-hybridized carbons (Fsp3) is 0.130. The van der Waals surface area contributed by atoms with E-state index in [9.17, 15) is 9.59 Å². The Kier molecular flexibility index (Phi) is 5.44. The number of anilines is 1. The van der Waals surface area contributed by atoms with Gasteiger partial charge in [0.25, 0.3) is 5.91 Å². The first kappa shape index (κ1) is 19.0. The van der Waals surface area contributed by atoms with Crippen molar-refractivity contribution in [2.45, 2.75) is 19.4 Å². The first-order valence-corrected chi connectivity index (χ1v) is 10.2. The lowest BCUT2D eigenvalue weighted by Crippen LogP contribution is -2.45. The summed E-state index contributed by atoms with van der Waals surface area (Å²) in [6, 6.07) is 18.4. The zero-order valence-corrected chi connectivity index (χ0v) is 16.8. The Hall–Kier alpha value is -3.38. The van der Waals surface area contributed by atoms with Gasteiger partial charge in [0.05, 0.1) is 4.88 Å². The number of aromatic nitrogens is 1. The quantitative estimate of drug-likeness (QED) is 0.443. The van der Waals surface area contributed by atoms with Crippen LogP contribution in [0.5, 0.6) is 0 Å². The third-order valence-electron chi connectivity index (χ3n) is 4.75. The minimum absolute atomic E-state index is 0.245. The second-order valence-electron chi connectivity index (χ2n) is 6.93. The van der Waals surface area contributed by atoms with Crippen LogP contribution in [0.2, 0.25) is 0 Å². The van der Waals surface area contributed by atoms with Crippen molar-refractivity contribution in [2.24, 2.45) is 0 Å². The largest absolute Gasteiger partial charge is 0.361 e. The van der Waals surface area contributed by atoms with Crippen molar-refractivity contribution < 1.29 is 9.59 Å². The molecule has 0 aliphatic carbocycles. The number of carbonyl (C=O) groups is 2. The number of fused-ring (bicyclic) bond motifs is 1. The van der Waals surface area contributed by atoms with Gasteiger partial charge in [0, 0.05) is 29.2 Å². The average Bonchev–Trinajstić information content (AvgIpc) is 3.38. The standard InChI is InChI=1S/C23H21N3O2S/c1-15-6-4-7-17(12-15)25-22(27)20(26-23(28)21-10-5-11-29-21)13-16-14-24-19-9-3-2-8-18(16)19/h2-12,14,20,24H,13H2,1H3,(H,25,27)(H,26,28). The smallest absolute Gasteiger partial charge is 0.262 e. The molecule has 0 aliphatic heterocycles. The molecule has 6 heteroatoms. The Morgan fingerprint density at radius 1 is 1.07 bits per heavy atom. The van der Waals surface area contributed by atoms with Crippen LogP contribution in [-0.2, 0) is 11.2 Å². The molecule has 29 heavy (non-hydrogen) atoms. The van der Waals surface area contributed by atoms with Gasteiger partial charge in [-0.05, 0) is 47.7 Å². The van der Waals surface area contributed by atoms with Gasteiger partial charge in [-0.1, -0.05) is 36.4 Å². The summed E-state index contributed by atoms with van der Waals surface area (Å²) in [5, 5.41) is 8.73. The van der Waals surface area contributed by atoms with Crippen LogP contribution in [0.25, 0.3) is 10.9 Å². The molecule has 0 aliphatic rings. The Morgan fingerprint density at radius 3 is 2.72 bits per heavy atom. The van der Waals surface area contributed by atoms with Gasteiger partial charge in [-0.3, -0.25) is 9.59 Å². The minimum atomic E-state index is -0.704. The van der Waals surface area contributed by atoms with Gasteiger partial charge < -0.3 is 15.6 Å². The number of hydrogen-bond acceptors (Lipinski definition) is 3. The molecule has 1 atom stereocenters. The van der Waals surface area contributed by atoms with E-state index in [2.05, 4.69) is 15.6 Å². The van der Waals surface area contributed by atoms with E-state index in [0.717, 1.165) is 22.0 Å². The molecule has 4 rings (SSSR count). The Balaban J connectivity index is 1.59. The fourth-order valence-electron chi connectivity index (χ4n) is 3.32. The number of benzene rings is 2. The van der Waals surface area contributed by atoms with Gasteiger partial charge in [-0.25, -0.2) is 0 Å². The Morgan fingerprint density at radius 2 is 1.93 bits per heavy atom. The molecule has 0 fully saturated rings. The maximum Gasteiger partial charge on any atom is 0.262 e. The van der Waals surface area contributed by atoms with E-state index in [4.69, 9.17) is 0 Å². The topological polar surface area (TPSA) is 74.0 Å². The third-order valence-corrected chi connectivity index (χ3v) is 5.62. The average molecular weight is 404 g/mol. The summed E-state index contributed by atoms with van der Waals surface area (Å²) in [5.41, 5.74) is 3.75. The number of hydrogen-bond donors (Lipinski definition) is 3. The number of para-hydroxylation sites is 1. The molecule has 4 aromatic rings. The highest BCUT2D eigenvalue weighted by Crippen LogP contribution is 2.20. The number of H-pyrrole nitrogens is 1. The summed E-state index contributed by atoms with van der Waals surface area (Å²) in [6.07, 6.45) is 2.29.